The van der Waals surface area contributed by atoms with Crippen LogP contribution in [0.15, 0.2) is 54.6 Å². The summed E-state index contributed by atoms with van der Waals surface area (Å²) < 4.78 is 0. The van der Waals surface area contributed by atoms with E-state index < -0.39 is 0 Å². The summed E-state index contributed by atoms with van der Waals surface area (Å²) in [6.45, 7) is 2.28. The van der Waals surface area contributed by atoms with Crippen molar-refractivity contribution in [3.63, 3.8) is 0 Å². The standard InChI is InChI=1S/C24H27N3O3/c28-22-20-9-4-5-10-21(20)23(29)27(22)14-6-13-25-24(30)26-15-11-19(12-16-26)17-18-7-2-1-3-8-18/h1-5,7-10,19H,6,11-17H2,(H,25,30). The smallest absolute Gasteiger partial charge is 0.317 e. The molecule has 2 heterocycles. The molecule has 6 heteroatoms. The highest BCUT2D eigenvalue weighted by molar-refractivity contribution is 6.21. The molecule has 0 aromatic heterocycles. The van der Waals surface area contributed by atoms with Gasteiger partial charge in [-0.05, 0) is 49.3 Å². The summed E-state index contributed by atoms with van der Waals surface area (Å²) >= 11 is 0. The van der Waals surface area contributed by atoms with Crippen molar-refractivity contribution in [3.05, 3.63) is 71.3 Å². The molecule has 2 aromatic rings. The van der Waals surface area contributed by atoms with Crippen molar-refractivity contribution in [1.29, 1.82) is 0 Å². The fourth-order valence-corrected chi connectivity index (χ4v) is 4.27. The Morgan fingerprint density at radius 1 is 0.900 bits per heavy atom. The van der Waals surface area contributed by atoms with E-state index in [1.165, 1.54) is 10.5 Å². The Bertz CT molecular complexity index is 885. The van der Waals surface area contributed by atoms with Crippen LogP contribution in [0, 0.1) is 5.92 Å². The lowest BCUT2D eigenvalue weighted by molar-refractivity contribution is 0.0653. The average molecular weight is 405 g/mol. The summed E-state index contributed by atoms with van der Waals surface area (Å²) in [5, 5.41) is 2.93. The van der Waals surface area contributed by atoms with E-state index in [4.69, 9.17) is 0 Å². The number of rotatable bonds is 6. The zero-order valence-electron chi connectivity index (χ0n) is 17.0. The maximum absolute atomic E-state index is 12.4. The molecule has 2 aromatic carbocycles. The van der Waals surface area contributed by atoms with Crippen LogP contribution in [-0.4, -0.2) is 53.8 Å². The molecular formula is C24H27N3O3. The van der Waals surface area contributed by atoms with Crippen LogP contribution < -0.4 is 5.32 Å². The van der Waals surface area contributed by atoms with Gasteiger partial charge in [0, 0.05) is 26.2 Å². The second kappa shape index (κ2) is 9.11. The number of urea groups is 1. The third-order valence-electron chi connectivity index (χ3n) is 5.98. The van der Waals surface area contributed by atoms with E-state index in [1.807, 2.05) is 11.0 Å². The normalized spacial score (nSPS) is 16.7. The molecule has 2 aliphatic heterocycles. The van der Waals surface area contributed by atoms with Crippen molar-refractivity contribution >= 4 is 17.8 Å². The molecule has 4 rings (SSSR count). The van der Waals surface area contributed by atoms with Gasteiger partial charge in [-0.3, -0.25) is 14.5 Å². The van der Waals surface area contributed by atoms with Gasteiger partial charge in [-0.25, -0.2) is 4.79 Å². The largest absolute Gasteiger partial charge is 0.338 e. The predicted molar refractivity (Wildman–Crippen MR) is 114 cm³/mol. The lowest BCUT2D eigenvalue weighted by Gasteiger charge is -2.32. The molecular weight excluding hydrogens is 378 g/mol. The highest BCUT2D eigenvalue weighted by atomic mass is 16.2. The quantitative estimate of drug-likeness (QED) is 0.592. The Labute approximate surface area is 176 Å². The lowest BCUT2D eigenvalue weighted by atomic mass is 9.90. The highest BCUT2D eigenvalue weighted by Crippen LogP contribution is 2.23. The van der Waals surface area contributed by atoms with Crippen molar-refractivity contribution in [1.82, 2.24) is 15.1 Å². The maximum atomic E-state index is 12.4. The van der Waals surface area contributed by atoms with E-state index >= 15 is 0 Å². The van der Waals surface area contributed by atoms with Crippen molar-refractivity contribution in [3.8, 4) is 0 Å². The lowest BCUT2D eigenvalue weighted by Crippen LogP contribution is -2.45. The molecule has 0 bridgehead atoms. The minimum absolute atomic E-state index is 0.0597. The Hall–Kier alpha value is -3.15. The van der Waals surface area contributed by atoms with Crippen molar-refractivity contribution in [2.45, 2.75) is 25.7 Å². The molecule has 0 unspecified atom stereocenters. The van der Waals surface area contributed by atoms with Gasteiger partial charge in [0.2, 0.25) is 0 Å². The van der Waals surface area contributed by atoms with Gasteiger partial charge >= 0.3 is 6.03 Å². The monoisotopic (exact) mass is 405 g/mol. The van der Waals surface area contributed by atoms with Gasteiger partial charge in [0.1, 0.15) is 0 Å². The Balaban J connectivity index is 1.17. The number of nitrogens with zero attached hydrogens (tertiary/aromatic N) is 2. The number of amides is 4. The van der Waals surface area contributed by atoms with Crippen molar-refractivity contribution < 1.29 is 14.4 Å². The summed E-state index contributed by atoms with van der Waals surface area (Å²) in [4.78, 5) is 40.3. The maximum Gasteiger partial charge on any atom is 0.317 e. The van der Waals surface area contributed by atoms with E-state index in [9.17, 15) is 14.4 Å². The molecule has 0 saturated carbocycles. The minimum atomic E-state index is -0.248. The molecule has 0 atom stereocenters. The van der Waals surface area contributed by atoms with E-state index in [-0.39, 0.29) is 17.8 Å². The summed E-state index contributed by atoms with van der Waals surface area (Å²) in [6.07, 6.45) is 3.63. The molecule has 6 nitrogen and oxygen atoms in total. The first-order valence-corrected chi connectivity index (χ1v) is 10.7. The van der Waals surface area contributed by atoms with E-state index in [2.05, 4.69) is 29.6 Å². The molecule has 1 saturated heterocycles. The van der Waals surface area contributed by atoms with Crippen LogP contribution in [0.4, 0.5) is 4.79 Å². The molecule has 1 fully saturated rings. The topological polar surface area (TPSA) is 69.7 Å². The highest BCUT2D eigenvalue weighted by Gasteiger charge is 2.34. The molecule has 156 valence electrons. The SMILES string of the molecule is O=C(NCCCN1C(=O)c2ccccc2C1=O)N1CCC(Cc2ccccc2)CC1. The fourth-order valence-electron chi connectivity index (χ4n) is 4.27. The summed E-state index contributed by atoms with van der Waals surface area (Å²) in [6, 6.07) is 17.3. The van der Waals surface area contributed by atoms with Crippen LogP contribution in [0.1, 0.15) is 45.5 Å². The Morgan fingerprint density at radius 3 is 2.13 bits per heavy atom. The molecule has 30 heavy (non-hydrogen) atoms. The number of piperidine rings is 1. The Kier molecular flexibility index (Phi) is 6.12. The van der Waals surface area contributed by atoms with Crippen LogP contribution in [0.5, 0.6) is 0 Å². The van der Waals surface area contributed by atoms with Crippen molar-refractivity contribution in [2.75, 3.05) is 26.2 Å². The van der Waals surface area contributed by atoms with Crippen LogP contribution >= 0.6 is 0 Å². The van der Waals surface area contributed by atoms with Crippen LogP contribution in [0.3, 0.4) is 0 Å². The first-order chi connectivity index (χ1) is 14.6. The van der Waals surface area contributed by atoms with Gasteiger partial charge < -0.3 is 10.2 Å². The molecule has 0 spiro atoms. The number of fused-ring (bicyclic) bond motifs is 1. The van der Waals surface area contributed by atoms with Crippen LogP contribution in [-0.2, 0) is 6.42 Å². The van der Waals surface area contributed by atoms with Gasteiger partial charge in [-0.2, -0.15) is 0 Å². The van der Waals surface area contributed by atoms with Gasteiger partial charge in [0.15, 0.2) is 0 Å². The second-order valence-corrected chi connectivity index (χ2v) is 8.01. The van der Waals surface area contributed by atoms with Gasteiger partial charge in [0.25, 0.3) is 11.8 Å². The van der Waals surface area contributed by atoms with Gasteiger partial charge in [0.05, 0.1) is 11.1 Å². The van der Waals surface area contributed by atoms with E-state index in [0.29, 0.717) is 36.6 Å². The number of nitrogens with one attached hydrogen (secondary N) is 1. The predicted octanol–water partition coefficient (Wildman–Crippen LogP) is 3.34. The van der Waals surface area contributed by atoms with E-state index in [0.717, 1.165) is 32.4 Å². The number of hydrogen-bond acceptors (Lipinski definition) is 3. The van der Waals surface area contributed by atoms with E-state index in [1.54, 1.807) is 24.3 Å². The first kappa shape index (κ1) is 20.1. The van der Waals surface area contributed by atoms with Gasteiger partial charge in [-0.1, -0.05) is 42.5 Å². The molecule has 1 N–H and O–H groups in total. The molecule has 0 aliphatic carbocycles. The number of benzene rings is 2. The Morgan fingerprint density at radius 2 is 1.50 bits per heavy atom. The summed E-state index contributed by atoms with van der Waals surface area (Å²) in [5.41, 5.74) is 2.28. The fraction of sp³-hybridized carbons (Fsp3) is 0.375. The molecule has 0 radical (unpaired) electrons. The number of carbonyl (C=O) groups excluding carboxylic acids is 3. The van der Waals surface area contributed by atoms with Crippen LogP contribution in [0.2, 0.25) is 0 Å². The number of carbonyl (C=O) groups is 3. The molecule has 2 aliphatic rings. The third-order valence-corrected chi connectivity index (χ3v) is 5.98. The number of imide groups is 1. The first-order valence-electron chi connectivity index (χ1n) is 10.7. The molecule has 4 amide bonds. The van der Waals surface area contributed by atoms with Crippen molar-refractivity contribution in [2.24, 2.45) is 5.92 Å². The zero-order chi connectivity index (χ0) is 20.9. The second-order valence-electron chi connectivity index (χ2n) is 8.01. The average Bonchev–Trinajstić information content (AvgIpc) is 3.02. The van der Waals surface area contributed by atoms with Gasteiger partial charge in [-0.15, -0.1) is 0 Å². The number of likely N-dealkylation sites (tertiary alicyclic amines) is 1. The minimum Gasteiger partial charge on any atom is -0.338 e. The summed E-state index contributed by atoms with van der Waals surface area (Å²) in [7, 11) is 0. The number of hydrogen-bond donors (Lipinski definition) is 1. The van der Waals surface area contributed by atoms with Crippen LogP contribution in [0.25, 0.3) is 0 Å². The third kappa shape index (κ3) is 4.37. The summed E-state index contributed by atoms with van der Waals surface area (Å²) in [5.74, 6) is 0.120. The zero-order valence-corrected chi connectivity index (χ0v) is 17.0.